The van der Waals surface area contributed by atoms with E-state index in [9.17, 15) is 0 Å². The lowest BCUT2D eigenvalue weighted by atomic mass is 9.94. The molecule has 18 heavy (non-hydrogen) atoms. The number of halogens is 1. The number of anilines is 2. The van der Waals surface area contributed by atoms with Crippen LogP contribution in [-0.2, 0) is 0 Å². The fraction of sp³-hybridized carbons (Fsp3) is 0.667. The van der Waals surface area contributed by atoms with Crippen molar-refractivity contribution in [3.8, 4) is 0 Å². The van der Waals surface area contributed by atoms with Crippen LogP contribution >= 0.6 is 11.6 Å². The van der Waals surface area contributed by atoms with Gasteiger partial charge in [-0.15, -0.1) is 0 Å². The zero-order valence-electron chi connectivity index (χ0n) is 10.7. The summed E-state index contributed by atoms with van der Waals surface area (Å²) in [5.74, 6) is 1.44. The molecule has 5 nitrogen and oxygen atoms in total. The van der Waals surface area contributed by atoms with E-state index < -0.39 is 0 Å². The van der Waals surface area contributed by atoms with Crippen molar-refractivity contribution in [2.75, 3.05) is 37.7 Å². The first kappa shape index (κ1) is 13.4. The van der Waals surface area contributed by atoms with Gasteiger partial charge in [-0.1, -0.05) is 11.6 Å². The number of hydrogen-bond donors (Lipinski definition) is 2. The van der Waals surface area contributed by atoms with Crippen LogP contribution in [0.25, 0.3) is 0 Å². The standard InChI is InChI=1S/C12H20ClN5/c1-18-6-3-9(4-7-18)2-5-15-12-10(14)11(13)16-8-17-12/h8-9H,2-7,14H2,1H3,(H,15,16,17). The molecule has 1 saturated heterocycles. The Morgan fingerprint density at radius 3 is 2.89 bits per heavy atom. The number of likely N-dealkylation sites (tertiary alicyclic amines) is 1. The predicted octanol–water partition coefficient (Wildman–Crippen LogP) is 1.86. The van der Waals surface area contributed by atoms with Gasteiger partial charge in [0.25, 0.3) is 0 Å². The van der Waals surface area contributed by atoms with Crippen molar-refractivity contribution < 1.29 is 0 Å². The normalized spacial score (nSPS) is 17.9. The second kappa shape index (κ2) is 6.20. The molecule has 0 aliphatic carbocycles. The monoisotopic (exact) mass is 269 g/mol. The molecule has 1 aliphatic rings. The highest BCUT2D eigenvalue weighted by molar-refractivity contribution is 6.32. The van der Waals surface area contributed by atoms with Crippen LogP contribution in [0, 0.1) is 5.92 Å². The lowest BCUT2D eigenvalue weighted by Crippen LogP contribution is -2.30. The van der Waals surface area contributed by atoms with E-state index in [1.165, 1.54) is 32.3 Å². The Morgan fingerprint density at radius 1 is 1.44 bits per heavy atom. The summed E-state index contributed by atoms with van der Waals surface area (Å²) in [6.07, 6.45) is 5.13. The van der Waals surface area contributed by atoms with E-state index in [1.54, 1.807) is 0 Å². The first-order valence-electron chi connectivity index (χ1n) is 6.35. The van der Waals surface area contributed by atoms with Gasteiger partial charge in [0.05, 0.1) is 0 Å². The van der Waals surface area contributed by atoms with Gasteiger partial charge in [-0.3, -0.25) is 0 Å². The molecule has 0 amide bonds. The maximum absolute atomic E-state index is 5.84. The predicted molar refractivity (Wildman–Crippen MR) is 74.8 cm³/mol. The number of nitrogens with one attached hydrogen (secondary N) is 1. The van der Waals surface area contributed by atoms with Gasteiger partial charge in [0.1, 0.15) is 12.0 Å². The molecule has 0 atom stereocenters. The number of piperidine rings is 1. The molecular formula is C12H20ClN5. The minimum atomic E-state index is 0.312. The third kappa shape index (κ3) is 3.46. The van der Waals surface area contributed by atoms with Crippen LogP contribution in [0.4, 0.5) is 11.5 Å². The summed E-state index contributed by atoms with van der Waals surface area (Å²) in [4.78, 5) is 10.3. The van der Waals surface area contributed by atoms with Gasteiger partial charge in [-0.25, -0.2) is 9.97 Å². The van der Waals surface area contributed by atoms with Crippen molar-refractivity contribution in [2.24, 2.45) is 5.92 Å². The van der Waals surface area contributed by atoms with E-state index >= 15 is 0 Å². The second-order valence-corrected chi connectivity index (χ2v) is 5.25. The molecule has 1 aromatic rings. The lowest BCUT2D eigenvalue weighted by molar-refractivity contribution is 0.215. The van der Waals surface area contributed by atoms with Crippen molar-refractivity contribution in [1.29, 1.82) is 0 Å². The Bertz CT molecular complexity index is 390. The second-order valence-electron chi connectivity index (χ2n) is 4.89. The number of nitrogen functional groups attached to an aromatic ring is 1. The van der Waals surface area contributed by atoms with Gasteiger partial charge in [0.2, 0.25) is 0 Å². The number of hydrogen-bond acceptors (Lipinski definition) is 5. The average Bonchev–Trinajstić information content (AvgIpc) is 2.37. The largest absolute Gasteiger partial charge is 0.393 e. The maximum atomic E-state index is 5.84. The van der Waals surface area contributed by atoms with Gasteiger partial charge in [0, 0.05) is 6.54 Å². The van der Waals surface area contributed by atoms with Crippen molar-refractivity contribution in [3.63, 3.8) is 0 Å². The molecule has 0 aromatic carbocycles. The van der Waals surface area contributed by atoms with Crippen molar-refractivity contribution in [2.45, 2.75) is 19.3 Å². The average molecular weight is 270 g/mol. The fourth-order valence-corrected chi connectivity index (χ4v) is 2.39. The molecule has 0 radical (unpaired) electrons. The molecule has 100 valence electrons. The van der Waals surface area contributed by atoms with Crippen molar-refractivity contribution >= 4 is 23.1 Å². The zero-order valence-corrected chi connectivity index (χ0v) is 11.5. The van der Waals surface area contributed by atoms with E-state index in [2.05, 4.69) is 27.2 Å². The number of nitrogens with zero attached hydrogens (tertiary/aromatic N) is 3. The van der Waals surface area contributed by atoms with Gasteiger partial charge >= 0.3 is 0 Å². The summed E-state index contributed by atoms with van der Waals surface area (Å²) < 4.78 is 0. The summed E-state index contributed by atoms with van der Waals surface area (Å²) in [5, 5.41) is 3.55. The molecular weight excluding hydrogens is 250 g/mol. The Hall–Kier alpha value is -1.07. The molecule has 3 N–H and O–H groups in total. The molecule has 0 spiro atoms. The van der Waals surface area contributed by atoms with Gasteiger partial charge in [0.15, 0.2) is 11.0 Å². The van der Waals surface area contributed by atoms with E-state index in [1.807, 2.05) is 0 Å². The number of aromatic nitrogens is 2. The smallest absolute Gasteiger partial charge is 0.157 e. The summed E-state index contributed by atoms with van der Waals surface area (Å²) in [6, 6.07) is 0. The van der Waals surface area contributed by atoms with Crippen LogP contribution in [0.5, 0.6) is 0 Å². The number of nitrogens with two attached hydrogens (primary N) is 1. The number of rotatable bonds is 4. The third-order valence-electron chi connectivity index (χ3n) is 3.52. The maximum Gasteiger partial charge on any atom is 0.157 e. The summed E-state index contributed by atoms with van der Waals surface area (Å²) in [7, 11) is 2.18. The highest BCUT2D eigenvalue weighted by atomic mass is 35.5. The molecule has 2 rings (SSSR count). The Balaban J connectivity index is 1.77. The van der Waals surface area contributed by atoms with E-state index in [-0.39, 0.29) is 0 Å². The SMILES string of the molecule is CN1CCC(CCNc2ncnc(Cl)c2N)CC1. The van der Waals surface area contributed by atoms with Gasteiger partial charge in [-0.2, -0.15) is 0 Å². The molecule has 0 bridgehead atoms. The first-order chi connectivity index (χ1) is 8.66. The van der Waals surface area contributed by atoms with Crippen molar-refractivity contribution in [1.82, 2.24) is 14.9 Å². The van der Waals surface area contributed by atoms with Gasteiger partial charge < -0.3 is 16.0 Å². The molecule has 0 unspecified atom stereocenters. The van der Waals surface area contributed by atoms with E-state index in [4.69, 9.17) is 17.3 Å². The lowest BCUT2D eigenvalue weighted by Gasteiger charge is -2.28. The quantitative estimate of drug-likeness (QED) is 0.817. The van der Waals surface area contributed by atoms with Crippen LogP contribution in [0.1, 0.15) is 19.3 Å². The highest BCUT2D eigenvalue weighted by Crippen LogP contribution is 2.23. The molecule has 1 fully saturated rings. The minimum Gasteiger partial charge on any atom is -0.393 e. The van der Waals surface area contributed by atoms with Gasteiger partial charge in [-0.05, 0) is 45.3 Å². The Labute approximate surface area is 113 Å². The first-order valence-corrected chi connectivity index (χ1v) is 6.73. The zero-order chi connectivity index (χ0) is 13.0. The van der Waals surface area contributed by atoms with Crippen LogP contribution in [0.2, 0.25) is 5.15 Å². The molecule has 6 heteroatoms. The molecule has 0 saturated carbocycles. The summed E-state index contributed by atoms with van der Waals surface area (Å²) in [5.41, 5.74) is 6.23. The molecule has 2 heterocycles. The van der Waals surface area contributed by atoms with E-state index in [0.717, 1.165) is 18.9 Å². The molecule has 1 aromatic heterocycles. The molecule has 1 aliphatic heterocycles. The third-order valence-corrected chi connectivity index (χ3v) is 3.82. The summed E-state index contributed by atoms with van der Waals surface area (Å²) in [6.45, 7) is 3.28. The fourth-order valence-electron chi connectivity index (χ4n) is 2.26. The highest BCUT2D eigenvalue weighted by Gasteiger charge is 2.16. The summed E-state index contributed by atoms with van der Waals surface area (Å²) >= 11 is 5.84. The van der Waals surface area contributed by atoms with Crippen molar-refractivity contribution in [3.05, 3.63) is 11.5 Å². The van der Waals surface area contributed by atoms with E-state index in [0.29, 0.717) is 16.7 Å². The Kier molecular flexibility index (Phi) is 4.60. The van der Waals surface area contributed by atoms with Crippen LogP contribution in [-0.4, -0.2) is 41.5 Å². The van der Waals surface area contributed by atoms with Crippen LogP contribution < -0.4 is 11.1 Å². The van der Waals surface area contributed by atoms with Crippen LogP contribution in [0.15, 0.2) is 6.33 Å². The Morgan fingerprint density at radius 2 is 2.17 bits per heavy atom. The van der Waals surface area contributed by atoms with Crippen LogP contribution in [0.3, 0.4) is 0 Å². The topological polar surface area (TPSA) is 67.1 Å². The minimum absolute atomic E-state index is 0.312.